The molecule has 8 nitrogen and oxygen atoms in total. The molecule has 0 saturated heterocycles. The maximum Gasteiger partial charge on any atom is 0.270 e. The van der Waals surface area contributed by atoms with Crippen LogP contribution in [-0.4, -0.2) is 31.9 Å². The molecule has 0 atom stereocenters. The first kappa shape index (κ1) is 24.0. The van der Waals surface area contributed by atoms with Gasteiger partial charge in [0, 0.05) is 43.7 Å². The number of carbonyl (C=O) groups excluding carboxylic acids is 1. The van der Waals surface area contributed by atoms with Crippen molar-refractivity contribution in [3.63, 3.8) is 0 Å². The number of benzene rings is 2. The van der Waals surface area contributed by atoms with Crippen molar-refractivity contribution in [3.8, 4) is 0 Å². The van der Waals surface area contributed by atoms with Crippen LogP contribution in [0.3, 0.4) is 0 Å². The highest BCUT2D eigenvalue weighted by Crippen LogP contribution is 2.30. The Morgan fingerprint density at radius 3 is 2.82 bits per heavy atom. The lowest BCUT2D eigenvalue weighted by atomic mass is 10.2. The van der Waals surface area contributed by atoms with Gasteiger partial charge in [-0.05, 0) is 30.2 Å². The summed E-state index contributed by atoms with van der Waals surface area (Å²) in [6.45, 7) is 1.01. The van der Waals surface area contributed by atoms with Gasteiger partial charge in [0.2, 0.25) is 0 Å². The van der Waals surface area contributed by atoms with Crippen LogP contribution in [0.4, 0.5) is 15.2 Å². The van der Waals surface area contributed by atoms with E-state index >= 15 is 0 Å². The molecule has 0 saturated carbocycles. The number of non-ortho nitro benzene ring substituents is 1. The average molecular weight is 488 g/mol. The van der Waals surface area contributed by atoms with Crippen molar-refractivity contribution >= 4 is 56.8 Å². The number of rotatable bonds is 8. The highest BCUT2D eigenvalue weighted by Gasteiger charge is 2.19. The second-order valence-corrected chi connectivity index (χ2v) is 7.92. The highest BCUT2D eigenvalue weighted by atomic mass is 35.5. The topological polar surface area (TPSA) is 94.2 Å². The summed E-state index contributed by atoms with van der Waals surface area (Å²) in [7, 11) is 0. The van der Waals surface area contributed by atoms with Crippen LogP contribution in [0, 0.1) is 15.9 Å². The fourth-order valence-corrected chi connectivity index (χ4v) is 4.16. The number of hydrogen-bond acceptors (Lipinski definition) is 6. The Labute approximate surface area is 198 Å². The molecule has 0 radical (unpaired) electrons. The largest absolute Gasteiger partial charge is 0.337 e. The van der Waals surface area contributed by atoms with Crippen molar-refractivity contribution in [1.29, 1.82) is 0 Å². The normalized spacial score (nSPS) is 10.9. The van der Waals surface area contributed by atoms with E-state index in [-0.39, 0.29) is 29.5 Å². The summed E-state index contributed by atoms with van der Waals surface area (Å²) >= 11 is 1.24. The maximum atomic E-state index is 14.1. The number of imidazole rings is 1. The standard InChI is InChI=1S/C22H18FN5O3S.ClH/c23-18-6-2-7-19-21(18)25-22(32-19)27(12-3-11-26-13-10-24-15-26)20(29)9-8-16-4-1-5-17(14-16)28(30)31;/h1-2,4-10,13-15H,3,11-12H2;1H/b9-8+;. The van der Waals surface area contributed by atoms with Crippen LogP contribution in [-0.2, 0) is 11.3 Å². The summed E-state index contributed by atoms with van der Waals surface area (Å²) < 4.78 is 16.7. The lowest BCUT2D eigenvalue weighted by Gasteiger charge is -2.18. The molecule has 0 unspecified atom stereocenters. The minimum absolute atomic E-state index is 0. The van der Waals surface area contributed by atoms with Gasteiger partial charge in [0.1, 0.15) is 11.3 Å². The van der Waals surface area contributed by atoms with Gasteiger partial charge in [-0.1, -0.05) is 29.5 Å². The van der Waals surface area contributed by atoms with Crippen LogP contribution >= 0.6 is 23.7 Å². The van der Waals surface area contributed by atoms with Crippen LogP contribution in [0.5, 0.6) is 0 Å². The Hall–Kier alpha value is -3.63. The molecule has 4 rings (SSSR count). The lowest BCUT2D eigenvalue weighted by Crippen LogP contribution is -2.30. The average Bonchev–Trinajstić information content (AvgIpc) is 3.46. The van der Waals surface area contributed by atoms with E-state index in [0.717, 1.165) is 0 Å². The molecule has 0 fully saturated rings. The molecular formula is C22H19ClFN5O3S. The Morgan fingerprint density at radius 2 is 2.09 bits per heavy atom. The molecule has 0 bridgehead atoms. The fourth-order valence-electron chi connectivity index (χ4n) is 3.15. The van der Waals surface area contributed by atoms with Crippen molar-refractivity contribution in [1.82, 2.24) is 14.5 Å². The molecule has 33 heavy (non-hydrogen) atoms. The predicted octanol–water partition coefficient (Wildman–Crippen LogP) is 5.10. The summed E-state index contributed by atoms with van der Waals surface area (Å²) in [4.78, 5) is 33.4. The zero-order valence-electron chi connectivity index (χ0n) is 17.2. The first-order valence-corrected chi connectivity index (χ1v) is 10.6. The van der Waals surface area contributed by atoms with E-state index in [2.05, 4.69) is 9.97 Å². The second kappa shape index (κ2) is 10.8. The number of para-hydroxylation sites is 1. The van der Waals surface area contributed by atoms with Crippen molar-refractivity contribution in [2.45, 2.75) is 13.0 Å². The number of fused-ring (bicyclic) bond motifs is 1. The molecule has 0 spiro atoms. The first-order valence-electron chi connectivity index (χ1n) is 9.76. The molecule has 2 heterocycles. The Morgan fingerprint density at radius 1 is 1.27 bits per heavy atom. The van der Waals surface area contributed by atoms with Crippen LogP contribution < -0.4 is 4.90 Å². The molecule has 1 amide bonds. The number of nitro groups is 1. The number of carbonyl (C=O) groups is 1. The minimum atomic E-state index is -0.489. The summed E-state index contributed by atoms with van der Waals surface area (Å²) in [5.41, 5.74) is 0.697. The fraction of sp³-hybridized carbons (Fsp3) is 0.136. The third-order valence-electron chi connectivity index (χ3n) is 4.71. The number of nitrogens with zero attached hydrogens (tertiary/aromatic N) is 5. The van der Waals surface area contributed by atoms with Crippen molar-refractivity contribution in [2.75, 3.05) is 11.4 Å². The molecule has 0 aliphatic heterocycles. The SMILES string of the molecule is Cl.O=C(/C=C/c1cccc([N+](=O)[O-])c1)N(CCCn1ccnc1)c1nc2c(F)cccc2s1. The number of aryl methyl sites for hydroxylation is 1. The van der Waals surface area contributed by atoms with Crippen molar-refractivity contribution < 1.29 is 14.1 Å². The molecule has 170 valence electrons. The molecule has 4 aromatic rings. The van der Waals surface area contributed by atoms with Gasteiger partial charge in [-0.2, -0.15) is 0 Å². The van der Waals surface area contributed by atoms with Gasteiger partial charge < -0.3 is 4.57 Å². The van der Waals surface area contributed by atoms with Crippen molar-refractivity contribution in [3.05, 3.63) is 88.8 Å². The quantitative estimate of drug-likeness (QED) is 0.196. The van der Waals surface area contributed by atoms with Crippen LogP contribution in [0.25, 0.3) is 16.3 Å². The zero-order chi connectivity index (χ0) is 22.5. The Bertz CT molecular complexity index is 1290. The van der Waals surface area contributed by atoms with E-state index < -0.39 is 10.7 Å². The molecule has 0 N–H and O–H groups in total. The van der Waals surface area contributed by atoms with Crippen LogP contribution in [0.2, 0.25) is 0 Å². The van der Waals surface area contributed by atoms with E-state index in [1.807, 2.05) is 10.8 Å². The van der Waals surface area contributed by atoms with Gasteiger partial charge in [0.15, 0.2) is 5.13 Å². The number of nitro benzene ring substituents is 1. The smallest absolute Gasteiger partial charge is 0.270 e. The van der Waals surface area contributed by atoms with Gasteiger partial charge in [-0.3, -0.25) is 19.8 Å². The molecule has 11 heteroatoms. The van der Waals surface area contributed by atoms with Gasteiger partial charge >= 0.3 is 0 Å². The van der Waals surface area contributed by atoms with E-state index in [4.69, 9.17) is 0 Å². The minimum Gasteiger partial charge on any atom is -0.337 e. The van der Waals surface area contributed by atoms with Gasteiger partial charge in [0.05, 0.1) is 16.0 Å². The highest BCUT2D eigenvalue weighted by molar-refractivity contribution is 7.22. The molecule has 0 aliphatic carbocycles. The molecule has 2 aromatic heterocycles. The van der Waals surface area contributed by atoms with Crippen LogP contribution in [0.15, 0.2) is 67.3 Å². The molecule has 0 aliphatic rings. The summed E-state index contributed by atoms with van der Waals surface area (Å²) in [6.07, 6.45) is 8.71. The zero-order valence-corrected chi connectivity index (χ0v) is 18.8. The van der Waals surface area contributed by atoms with E-state index in [1.165, 1.54) is 46.6 Å². The van der Waals surface area contributed by atoms with Gasteiger partial charge in [-0.15, -0.1) is 12.4 Å². The predicted molar refractivity (Wildman–Crippen MR) is 128 cm³/mol. The van der Waals surface area contributed by atoms with Crippen LogP contribution in [0.1, 0.15) is 12.0 Å². The number of thiazole rings is 1. The Kier molecular flexibility index (Phi) is 7.86. The third kappa shape index (κ3) is 5.79. The number of anilines is 1. The first-order chi connectivity index (χ1) is 15.5. The molecule has 2 aromatic carbocycles. The Balaban J connectivity index is 0.00000306. The lowest BCUT2D eigenvalue weighted by molar-refractivity contribution is -0.384. The van der Waals surface area contributed by atoms with E-state index in [1.54, 1.807) is 36.8 Å². The maximum absolute atomic E-state index is 14.1. The number of hydrogen-bond donors (Lipinski definition) is 0. The van der Waals surface area contributed by atoms with Gasteiger partial charge in [-0.25, -0.2) is 14.4 Å². The number of aromatic nitrogens is 3. The van der Waals surface area contributed by atoms with E-state index in [9.17, 15) is 19.3 Å². The summed E-state index contributed by atoms with van der Waals surface area (Å²) in [5, 5.41) is 11.4. The third-order valence-corrected chi connectivity index (χ3v) is 5.76. The summed E-state index contributed by atoms with van der Waals surface area (Å²) in [5.74, 6) is -0.787. The molecular weight excluding hydrogens is 469 g/mol. The van der Waals surface area contributed by atoms with E-state index in [0.29, 0.717) is 34.9 Å². The van der Waals surface area contributed by atoms with Gasteiger partial charge in [0.25, 0.3) is 11.6 Å². The summed E-state index contributed by atoms with van der Waals surface area (Å²) in [6, 6.07) is 10.7. The van der Waals surface area contributed by atoms with Crippen molar-refractivity contribution in [2.24, 2.45) is 0 Å². The second-order valence-electron chi connectivity index (χ2n) is 6.91. The monoisotopic (exact) mass is 487 g/mol. The number of amides is 1. The number of halogens is 2.